The van der Waals surface area contributed by atoms with Gasteiger partial charge in [-0.05, 0) is 31.0 Å². The fraction of sp³-hybridized carbons (Fsp3) is 0.353. The van der Waals surface area contributed by atoms with Crippen molar-refractivity contribution in [3.05, 3.63) is 41.0 Å². The monoisotopic (exact) mass is 398 g/mol. The van der Waals surface area contributed by atoms with Crippen LogP contribution in [0.2, 0.25) is 0 Å². The molecule has 144 valence electrons. The van der Waals surface area contributed by atoms with E-state index in [1.807, 2.05) is 6.07 Å². The van der Waals surface area contributed by atoms with Gasteiger partial charge in [-0.1, -0.05) is 23.2 Å². The maximum Gasteiger partial charge on any atom is 0.416 e. The van der Waals surface area contributed by atoms with Gasteiger partial charge in [0, 0.05) is 18.8 Å². The van der Waals surface area contributed by atoms with Gasteiger partial charge in [-0.15, -0.1) is 5.11 Å². The molecule has 1 aromatic carbocycles. The van der Waals surface area contributed by atoms with Gasteiger partial charge in [0.2, 0.25) is 10.0 Å². The smallest absolute Gasteiger partial charge is 0.373 e. The van der Waals surface area contributed by atoms with Gasteiger partial charge in [0.1, 0.15) is 5.69 Å². The first-order valence-corrected chi connectivity index (χ1v) is 10.3. The Bertz CT molecular complexity index is 1120. The maximum atomic E-state index is 11.8. The molecule has 0 radical (unpaired) electrons. The maximum absolute atomic E-state index is 11.8. The van der Waals surface area contributed by atoms with Gasteiger partial charge in [0.05, 0.1) is 19.0 Å². The number of nitrogens with one attached hydrogen (secondary N) is 1. The third-order valence-electron chi connectivity index (χ3n) is 4.23. The molecule has 0 atom stereocenters. The lowest BCUT2D eigenvalue weighted by atomic mass is 10.2. The van der Waals surface area contributed by atoms with E-state index in [-0.39, 0.29) is 17.6 Å². The molecule has 10 nitrogen and oxygen atoms in total. The van der Waals surface area contributed by atoms with Gasteiger partial charge < -0.3 is 14.6 Å². The molecule has 1 aromatic heterocycles. The van der Waals surface area contributed by atoms with Crippen LogP contribution >= 0.6 is 0 Å². The van der Waals surface area contributed by atoms with Crippen LogP contribution in [0.15, 0.2) is 28.4 Å². The lowest BCUT2D eigenvalue weighted by Gasteiger charge is -2.19. The highest BCUT2D eigenvalue weighted by molar-refractivity contribution is 7.92. The fourth-order valence-electron chi connectivity index (χ4n) is 2.92. The van der Waals surface area contributed by atoms with Gasteiger partial charge in [0.25, 0.3) is 11.6 Å². The molecule has 1 saturated heterocycles. The third-order valence-corrected chi connectivity index (χ3v) is 4.82. The number of azo groups is 1. The Morgan fingerprint density at radius 1 is 1.18 bits per heavy atom. The number of anilines is 2. The van der Waals surface area contributed by atoms with Crippen molar-refractivity contribution in [1.29, 1.82) is 0 Å². The van der Waals surface area contributed by atoms with Crippen LogP contribution in [0.1, 0.15) is 12.8 Å². The van der Waals surface area contributed by atoms with Gasteiger partial charge in [0.15, 0.2) is 0 Å². The highest BCUT2D eigenvalue weighted by atomic mass is 32.2. The summed E-state index contributed by atoms with van der Waals surface area (Å²) in [5, 5.41) is 8.12. The molecular weight excluding hydrogens is 380 g/mol. The molecule has 2 aromatic rings. The van der Waals surface area contributed by atoms with E-state index in [2.05, 4.69) is 34.5 Å². The second-order valence-electron chi connectivity index (χ2n) is 6.31. The van der Waals surface area contributed by atoms with E-state index in [4.69, 9.17) is 13.1 Å². The number of imidazole rings is 1. The molecule has 28 heavy (non-hydrogen) atoms. The summed E-state index contributed by atoms with van der Waals surface area (Å²) in [4.78, 5) is 12.6. The minimum Gasteiger partial charge on any atom is -0.373 e. The fourth-order valence-corrected chi connectivity index (χ4v) is 3.48. The lowest BCUT2D eigenvalue weighted by Crippen LogP contribution is -2.18. The third kappa shape index (κ3) is 4.10. The molecule has 2 heterocycles. The van der Waals surface area contributed by atoms with Crippen molar-refractivity contribution in [3.63, 3.8) is 0 Å². The van der Waals surface area contributed by atoms with E-state index in [1.54, 1.807) is 19.2 Å². The van der Waals surface area contributed by atoms with E-state index < -0.39 is 10.0 Å². The van der Waals surface area contributed by atoms with Crippen molar-refractivity contribution in [3.8, 4) is 0 Å². The summed E-state index contributed by atoms with van der Waals surface area (Å²) in [5.41, 5.74) is 1.52. The quantitative estimate of drug-likeness (QED) is 0.609. The first-order valence-electron chi connectivity index (χ1n) is 8.42. The number of aromatic nitrogens is 2. The van der Waals surface area contributed by atoms with E-state index in [0.29, 0.717) is 11.4 Å². The SMILES string of the molecule is [C-]#[N+]c1nc(N=Nc2ccc(N3CCCC3)cc2NS(C)(=O)=O)n(C)c1[N+]#[C-]. The zero-order valence-electron chi connectivity index (χ0n) is 15.4. The van der Waals surface area contributed by atoms with Crippen molar-refractivity contribution in [1.82, 2.24) is 9.55 Å². The van der Waals surface area contributed by atoms with Crippen LogP contribution in [0, 0.1) is 13.1 Å². The molecule has 11 heteroatoms. The van der Waals surface area contributed by atoms with Crippen LogP contribution < -0.4 is 9.62 Å². The number of sulfonamides is 1. The Labute approximate surface area is 163 Å². The molecule has 1 N–H and O–H groups in total. The Morgan fingerprint density at radius 3 is 2.46 bits per heavy atom. The Hall–Kier alpha value is -3.44. The minimum atomic E-state index is -3.51. The van der Waals surface area contributed by atoms with Crippen molar-refractivity contribution in [2.75, 3.05) is 29.0 Å². The zero-order valence-corrected chi connectivity index (χ0v) is 16.2. The first kappa shape index (κ1) is 19.3. The molecule has 1 aliphatic rings. The Kier molecular flexibility index (Phi) is 5.29. The van der Waals surface area contributed by atoms with Gasteiger partial charge in [-0.2, -0.15) is 0 Å². The molecule has 0 unspecified atom stereocenters. The molecule has 3 rings (SSSR count). The van der Waals surface area contributed by atoms with Crippen LogP contribution in [0.25, 0.3) is 9.69 Å². The van der Waals surface area contributed by atoms with Gasteiger partial charge >= 0.3 is 5.95 Å². The molecule has 1 fully saturated rings. The average molecular weight is 398 g/mol. The molecule has 1 aliphatic heterocycles. The van der Waals surface area contributed by atoms with Gasteiger partial charge in [-0.25, -0.2) is 13.0 Å². The molecule has 0 amide bonds. The summed E-state index contributed by atoms with van der Waals surface area (Å²) in [6.45, 7) is 16.1. The van der Waals surface area contributed by atoms with E-state index in [9.17, 15) is 8.42 Å². The number of rotatable bonds is 5. The summed E-state index contributed by atoms with van der Waals surface area (Å²) >= 11 is 0. The topological polar surface area (TPSA) is 101 Å². The largest absolute Gasteiger partial charge is 0.416 e. The first-order chi connectivity index (χ1) is 13.3. The van der Waals surface area contributed by atoms with E-state index in [0.717, 1.165) is 37.9 Å². The normalized spacial score (nSPS) is 14.2. The van der Waals surface area contributed by atoms with Crippen LogP contribution in [-0.2, 0) is 17.1 Å². The Morgan fingerprint density at radius 2 is 1.89 bits per heavy atom. The molecule has 0 aliphatic carbocycles. The highest BCUT2D eigenvalue weighted by Crippen LogP contribution is 2.35. The van der Waals surface area contributed by atoms with Crippen molar-refractivity contribution in [2.24, 2.45) is 17.3 Å². The number of hydrogen-bond acceptors (Lipinski definition) is 6. The van der Waals surface area contributed by atoms with Crippen LogP contribution in [0.4, 0.5) is 34.6 Å². The van der Waals surface area contributed by atoms with Crippen molar-refractivity contribution in [2.45, 2.75) is 12.8 Å². The lowest BCUT2D eigenvalue weighted by molar-refractivity contribution is 0.607. The van der Waals surface area contributed by atoms with Crippen LogP contribution in [0.3, 0.4) is 0 Å². The second-order valence-corrected chi connectivity index (χ2v) is 8.06. The summed E-state index contributed by atoms with van der Waals surface area (Å²) < 4.78 is 27.4. The summed E-state index contributed by atoms with van der Waals surface area (Å²) in [7, 11) is -1.95. The predicted molar refractivity (Wildman–Crippen MR) is 106 cm³/mol. The molecule has 0 bridgehead atoms. The van der Waals surface area contributed by atoms with Crippen LogP contribution in [0.5, 0.6) is 0 Å². The van der Waals surface area contributed by atoms with Crippen molar-refractivity contribution < 1.29 is 8.42 Å². The summed E-state index contributed by atoms with van der Waals surface area (Å²) in [5.74, 6) is 0.110. The molecular formula is C17H18N8O2S. The number of hydrogen-bond donors (Lipinski definition) is 1. The van der Waals surface area contributed by atoms with Crippen LogP contribution in [-0.4, -0.2) is 37.3 Å². The summed E-state index contributed by atoms with van der Waals surface area (Å²) in [6, 6.07) is 5.27. The minimum absolute atomic E-state index is 0.0506. The Balaban J connectivity index is 1.99. The van der Waals surface area contributed by atoms with E-state index in [1.165, 1.54) is 4.57 Å². The highest BCUT2D eigenvalue weighted by Gasteiger charge is 2.20. The summed E-state index contributed by atoms with van der Waals surface area (Å²) in [6.07, 6.45) is 3.27. The standard InChI is InChI=1S/C17H18N8O2S/c1-18-15-16(19-2)24(3)17(20-15)22-21-13-8-7-12(25-9-5-6-10-25)11-14(13)23-28(4,26)27/h7-8,11,23H,5-6,9-10H2,3-4H3. The van der Waals surface area contributed by atoms with Gasteiger partial charge in [-0.3, -0.25) is 4.72 Å². The molecule has 0 saturated carbocycles. The van der Waals surface area contributed by atoms with Crippen molar-refractivity contribution >= 4 is 44.7 Å². The molecule has 0 spiro atoms. The second kappa shape index (κ2) is 7.66. The average Bonchev–Trinajstić information content (AvgIpc) is 3.27. The van der Waals surface area contributed by atoms with E-state index >= 15 is 0 Å². The number of nitrogens with zero attached hydrogens (tertiary/aromatic N) is 7. The predicted octanol–water partition coefficient (Wildman–Crippen LogP) is 3.91. The zero-order chi connectivity index (χ0) is 20.3. The number of benzene rings is 1.